The summed E-state index contributed by atoms with van der Waals surface area (Å²) in [6.07, 6.45) is 0.403. The molecule has 2 heterocycles. The molecule has 0 fully saturated rings. The lowest BCUT2D eigenvalue weighted by molar-refractivity contribution is -0.274. The molecule has 2 aromatic heterocycles. The van der Waals surface area contributed by atoms with Gasteiger partial charge in [0, 0.05) is 57.6 Å². The predicted molar refractivity (Wildman–Crippen MR) is 145 cm³/mol. The average Bonchev–Trinajstić information content (AvgIpc) is 3.34. The van der Waals surface area contributed by atoms with Crippen LogP contribution in [0.2, 0.25) is 0 Å². The van der Waals surface area contributed by atoms with Gasteiger partial charge in [0.1, 0.15) is 12.0 Å². The Balaban J connectivity index is 0.000000420. The van der Waals surface area contributed by atoms with E-state index >= 15 is 0 Å². The number of pyridine rings is 1. The molecule has 3 rings (SSSR count). The zero-order valence-electron chi connectivity index (χ0n) is 22.8. The molecule has 10 nitrogen and oxygen atoms in total. The van der Waals surface area contributed by atoms with E-state index in [1.54, 1.807) is 40.4 Å². The number of thiazole rings is 1. The normalized spacial score (nSPS) is 10.9. The van der Waals surface area contributed by atoms with Crippen molar-refractivity contribution in [2.45, 2.75) is 26.3 Å². The van der Waals surface area contributed by atoms with Crippen molar-refractivity contribution in [2.24, 2.45) is 4.99 Å². The molecular weight excluding hydrogens is 551 g/mol. The van der Waals surface area contributed by atoms with Crippen LogP contribution in [0.4, 0.5) is 13.2 Å². The monoisotopic (exact) mass is 583 g/mol. The van der Waals surface area contributed by atoms with Gasteiger partial charge < -0.3 is 23.8 Å². The Hall–Kier alpha value is -3.88. The summed E-state index contributed by atoms with van der Waals surface area (Å²) in [5, 5.41) is 1.94. The van der Waals surface area contributed by atoms with Crippen LogP contribution in [0, 0.1) is 0 Å². The molecule has 218 valence electrons. The van der Waals surface area contributed by atoms with Crippen LogP contribution in [0.25, 0.3) is 11.3 Å². The number of rotatable bonds is 9. The lowest BCUT2D eigenvalue weighted by atomic mass is 10.1. The first-order valence-electron chi connectivity index (χ1n) is 11.8. The molecule has 1 N–H and O–H groups in total. The highest BCUT2D eigenvalue weighted by atomic mass is 32.1. The summed E-state index contributed by atoms with van der Waals surface area (Å²) < 4.78 is 42.6. The van der Waals surface area contributed by atoms with Gasteiger partial charge in [0.2, 0.25) is 0 Å². The third kappa shape index (κ3) is 11.9. The Labute approximate surface area is 234 Å². The Morgan fingerprint density at radius 2 is 1.85 bits per heavy atom. The van der Waals surface area contributed by atoms with E-state index in [4.69, 9.17) is 9.63 Å². The first-order valence-corrected chi connectivity index (χ1v) is 12.6. The van der Waals surface area contributed by atoms with Crippen molar-refractivity contribution in [2.75, 3.05) is 34.8 Å². The van der Waals surface area contributed by atoms with Gasteiger partial charge in [-0.15, -0.1) is 24.5 Å². The maximum absolute atomic E-state index is 12.2. The molecule has 0 bridgehead atoms. The number of alkyl halides is 3. The first-order chi connectivity index (χ1) is 19.0. The molecule has 1 amide bonds. The summed E-state index contributed by atoms with van der Waals surface area (Å²) in [7, 11) is 6.56. The van der Waals surface area contributed by atoms with E-state index in [0.717, 1.165) is 28.8 Å². The summed E-state index contributed by atoms with van der Waals surface area (Å²) >= 11 is 1.48. The van der Waals surface area contributed by atoms with Crippen molar-refractivity contribution >= 4 is 29.8 Å². The van der Waals surface area contributed by atoms with Gasteiger partial charge in [-0.05, 0) is 49.2 Å². The molecule has 0 saturated carbocycles. The van der Waals surface area contributed by atoms with Gasteiger partial charge >= 0.3 is 6.36 Å². The second-order valence-corrected chi connectivity index (χ2v) is 8.70. The van der Waals surface area contributed by atoms with Crippen LogP contribution in [-0.4, -0.2) is 74.1 Å². The first kappa shape index (κ1) is 34.1. The van der Waals surface area contributed by atoms with Crippen molar-refractivity contribution < 1.29 is 37.1 Å². The maximum atomic E-state index is 12.2. The summed E-state index contributed by atoms with van der Waals surface area (Å²) in [5.74, 6) is -0.395. The zero-order valence-corrected chi connectivity index (χ0v) is 23.6. The Kier molecular flexibility index (Phi) is 15.1. The zero-order chi connectivity index (χ0) is 30.1. The SMILES string of the molecule is CC=O.CN(C)C(=O)c1cncc(C=O)c1.CN=c1scc(-c2ccc(OC(F)(F)F)cc2)n1CCCNOC. The number of hydroxylamine groups is 1. The number of hydrogen-bond donors (Lipinski definition) is 1. The van der Waals surface area contributed by atoms with Crippen molar-refractivity contribution in [1.82, 2.24) is 19.9 Å². The van der Waals surface area contributed by atoms with E-state index in [-0.39, 0.29) is 11.7 Å². The number of carbonyl (C=O) groups excluding carboxylic acids is 3. The highest BCUT2D eigenvalue weighted by Crippen LogP contribution is 2.27. The number of carbonyl (C=O) groups is 3. The maximum Gasteiger partial charge on any atom is 0.573 e. The average molecular weight is 584 g/mol. The summed E-state index contributed by atoms with van der Waals surface area (Å²) in [4.78, 5) is 45.7. The predicted octanol–water partition coefficient (Wildman–Crippen LogP) is 3.99. The van der Waals surface area contributed by atoms with Crippen LogP contribution in [0.5, 0.6) is 5.75 Å². The smallest absolute Gasteiger partial charge is 0.406 e. The minimum Gasteiger partial charge on any atom is -0.406 e. The Morgan fingerprint density at radius 1 is 1.20 bits per heavy atom. The fourth-order valence-electron chi connectivity index (χ4n) is 3.09. The van der Waals surface area contributed by atoms with Gasteiger partial charge in [-0.25, -0.2) is 5.48 Å². The number of hydrogen-bond acceptors (Lipinski definition) is 9. The molecule has 0 aliphatic rings. The van der Waals surface area contributed by atoms with E-state index in [1.807, 2.05) is 9.95 Å². The molecule has 0 aliphatic carbocycles. The van der Waals surface area contributed by atoms with Crippen LogP contribution in [0.15, 0.2) is 53.1 Å². The second-order valence-electron chi connectivity index (χ2n) is 7.86. The van der Waals surface area contributed by atoms with Crippen LogP contribution in [-0.2, 0) is 16.2 Å². The Morgan fingerprint density at radius 3 is 2.38 bits per heavy atom. The van der Waals surface area contributed by atoms with Gasteiger partial charge in [-0.1, -0.05) is 0 Å². The molecule has 1 aromatic carbocycles. The number of benzene rings is 1. The molecule has 0 unspecified atom stereocenters. The number of amides is 1. The molecule has 0 spiro atoms. The molecular formula is C26H32F3N5O5S. The van der Waals surface area contributed by atoms with Gasteiger partial charge in [0.25, 0.3) is 5.91 Å². The second kappa shape index (κ2) is 17.7. The highest BCUT2D eigenvalue weighted by molar-refractivity contribution is 7.07. The third-order valence-corrected chi connectivity index (χ3v) is 5.68. The van der Waals surface area contributed by atoms with E-state index in [9.17, 15) is 22.8 Å². The van der Waals surface area contributed by atoms with Crippen molar-refractivity contribution in [1.29, 1.82) is 0 Å². The molecule has 0 aliphatic heterocycles. The van der Waals surface area contributed by atoms with Crippen LogP contribution >= 0.6 is 11.3 Å². The largest absolute Gasteiger partial charge is 0.573 e. The number of halogens is 3. The van der Waals surface area contributed by atoms with E-state index in [1.165, 1.54) is 53.8 Å². The lowest BCUT2D eigenvalue weighted by Crippen LogP contribution is -2.21. The van der Waals surface area contributed by atoms with Gasteiger partial charge in [0.05, 0.1) is 18.4 Å². The number of nitrogens with one attached hydrogen (secondary N) is 1. The van der Waals surface area contributed by atoms with E-state index in [0.29, 0.717) is 30.5 Å². The molecule has 3 aromatic rings. The fraction of sp³-hybridized carbons (Fsp3) is 0.346. The van der Waals surface area contributed by atoms with Crippen molar-refractivity contribution in [3.8, 4) is 17.0 Å². The van der Waals surface area contributed by atoms with Crippen molar-refractivity contribution in [3.63, 3.8) is 0 Å². The quantitative estimate of drug-likeness (QED) is 0.230. The summed E-state index contributed by atoms with van der Waals surface area (Å²) in [5.41, 5.74) is 5.31. The number of aldehydes is 2. The minimum absolute atomic E-state index is 0.156. The molecule has 40 heavy (non-hydrogen) atoms. The molecule has 0 radical (unpaired) electrons. The summed E-state index contributed by atoms with van der Waals surface area (Å²) in [6.45, 7) is 2.84. The highest BCUT2D eigenvalue weighted by Gasteiger charge is 2.31. The van der Waals surface area contributed by atoms with Crippen LogP contribution in [0.1, 0.15) is 34.1 Å². The Bertz CT molecular complexity index is 1270. The third-order valence-electron chi connectivity index (χ3n) is 4.73. The van der Waals surface area contributed by atoms with Crippen LogP contribution < -0.4 is 15.0 Å². The van der Waals surface area contributed by atoms with Crippen LogP contribution in [0.3, 0.4) is 0 Å². The summed E-state index contributed by atoms with van der Waals surface area (Å²) in [6, 6.07) is 7.33. The lowest BCUT2D eigenvalue weighted by Gasteiger charge is -2.11. The number of ether oxygens (including phenoxy) is 1. The minimum atomic E-state index is -4.69. The fourth-order valence-corrected chi connectivity index (χ4v) is 3.99. The topological polar surface area (TPSA) is 115 Å². The molecule has 0 saturated heterocycles. The van der Waals surface area contributed by atoms with E-state index < -0.39 is 6.36 Å². The van der Waals surface area contributed by atoms with Crippen molar-refractivity contribution in [3.05, 3.63) is 64.0 Å². The number of nitrogens with zero attached hydrogens (tertiary/aromatic N) is 4. The number of aromatic nitrogens is 2. The van der Waals surface area contributed by atoms with Gasteiger partial charge in [-0.2, -0.15) is 0 Å². The van der Waals surface area contributed by atoms with E-state index in [2.05, 4.69) is 20.2 Å². The molecule has 0 atom stereocenters. The van der Waals surface area contributed by atoms with Gasteiger partial charge in [0.15, 0.2) is 11.1 Å². The van der Waals surface area contributed by atoms with Gasteiger partial charge in [-0.3, -0.25) is 19.6 Å². The molecule has 14 heteroatoms. The standard InChI is InChI=1S/C15H18F3N3O2S.C9H10N2O2.C2H4O/c1-19-14-21(9-3-8-20-22-2)13(10-24-14)11-4-6-12(7-5-11)23-15(16,17)18;1-11(2)9(13)8-3-7(6-12)4-10-5-8;1-2-3/h4-7,10,20H,3,8-9H2,1-2H3;3-6H,1-2H3;2H,1H3.